The van der Waals surface area contributed by atoms with Crippen molar-refractivity contribution in [3.8, 4) is 11.5 Å². The van der Waals surface area contributed by atoms with Crippen molar-refractivity contribution in [2.45, 2.75) is 27.7 Å². The van der Waals surface area contributed by atoms with E-state index >= 15 is 0 Å². The normalized spacial score (nSPS) is 19.4. The number of rotatable bonds is 4. The Labute approximate surface area is 120 Å². The molecule has 1 amide bonds. The molecule has 0 saturated heterocycles. The third-order valence-electron chi connectivity index (χ3n) is 5.25. The molecule has 1 aliphatic carbocycles. The zero-order valence-corrected chi connectivity index (χ0v) is 12.8. The first-order valence-electron chi connectivity index (χ1n) is 6.87. The molecule has 0 heterocycles. The number of phenols is 1. The Morgan fingerprint density at radius 2 is 1.90 bits per heavy atom. The van der Waals surface area contributed by atoms with Crippen molar-refractivity contribution in [2.75, 3.05) is 13.7 Å². The van der Waals surface area contributed by atoms with Crippen LogP contribution in [0.25, 0.3) is 0 Å². The number of carbonyl (C=O) groups is 1. The van der Waals surface area contributed by atoms with Crippen LogP contribution in [0.2, 0.25) is 0 Å². The molecule has 0 bridgehead atoms. The van der Waals surface area contributed by atoms with Crippen molar-refractivity contribution >= 4 is 5.91 Å². The van der Waals surface area contributed by atoms with Gasteiger partial charge in [-0.05, 0) is 28.9 Å². The maximum absolute atomic E-state index is 12.2. The van der Waals surface area contributed by atoms with Crippen LogP contribution >= 0.6 is 0 Å². The van der Waals surface area contributed by atoms with Gasteiger partial charge < -0.3 is 15.2 Å². The molecule has 4 heteroatoms. The molecule has 1 fully saturated rings. The Morgan fingerprint density at radius 1 is 1.30 bits per heavy atom. The van der Waals surface area contributed by atoms with Gasteiger partial charge in [0.05, 0.1) is 12.7 Å². The predicted molar refractivity (Wildman–Crippen MR) is 78.0 cm³/mol. The van der Waals surface area contributed by atoms with Crippen LogP contribution in [0.4, 0.5) is 0 Å². The highest BCUT2D eigenvalue weighted by atomic mass is 16.5. The Bertz CT molecular complexity index is 521. The number of para-hydroxylation sites is 1. The molecular weight excluding hydrogens is 254 g/mol. The van der Waals surface area contributed by atoms with E-state index in [4.69, 9.17) is 4.74 Å². The lowest BCUT2D eigenvalue weighted by Gasteiger charge is -2.10. The number of amides is 1. The van der Waals surface area contributed by atoms with E-state index in [2.05, 4.69) is 33.0 Å². The van der Waals surface area contributed by atoms with Crippen LogP contribution in [0, 0.1) is 16.7 Å². The van der Waals surface area contributed by atoms with Crippen LogP contribution in [0.3, 0.4) is 0 Å². The van der Waals surface area contributed by atoms with Crippen LogP contribution < -0.4 is 10.1 Å². The molecule has 1 aliphatic rings. The van der Waals surface area contributed by atoms with Crippen LogP contribution in [0.1, 0.15) is 38.1 Å². The number of aromatic hydroxyl groups is 1. The summed E-state index contributed by atoms with van der Waals surface area (Å²) in [5, 5.41) is 12.9. The van der Waals surface area contributed by atoms with Crippen LogP contribution in [0.5, 0.6) is 11.5 Å². The van der Waals surface area contributed by atoms with E-state index < -0.39 is 0 Å². The molecular formula is C16H23NO3. The molecule has 0 atom stereocenters. The van der Waals surface area contributed by atoms with Gasteiger partial charge in [-0.1, -0.05) is 33.8 Å². The van der Waals surface area contributed by atoms with Crippen LogP contribution in [-0.2, 0) is 0 Å². The van der Waals surface area contributed by atoms with E-state index in [1.165, 1.54) is 7.11 Å². The molecule has 4 nitrogen and oxygen atoms in total. The number of ether oxygens (including phenoxy) is 1. The molecule has 110 valence electrons. The smallest absolute Gasteiger partial charge is 0.255 e. The Kier molecular flexibility index (Phi) is 3.44. The molecule has 1 aromatic carbocycles. The van der Waals surface area contributed by atoms with Gasteiger partial charge in [-0.3, -0.25) is 4.79 Å². The van der Waals surface area contributed by atoms with E-state index in [1.54, 1.807) is 18.2 Å². The molecule has 2 rings (SSSR count). The van der Waals surface area contributed by atoms with E-state index in [1.807, 2.05) is 0 Å². The van der Waals surface area contributed by atoms with Crippen molar-refractivity contribution in [1.82, 2.24) is 5.32 Å². The summed E-state index contributed by atoms with van der Waals surface area (Å²) < 4.78 is 5.01. The van der Waals surface area contributed by atoms with Gasteiger partial charge in [0.2, 0.25) is 0 Å². The SMILES string of the molecule is COc1cccc(C(=O)NCC2C(C)(C)C2(C)C)c1O. The Hall–Kier alpha value is -1.71. The fraction of sp³-hybridized carbons (Fsp3) is 0.562. The minimum absolute atomic E-state index is 0.109. The average molecular weight is 277 g/mol. The topological polar surface area (TPSA) is 58.6 Å². The lowest BCUT2D eigenvalue weighted by Crippen LogP contribution is -2.27. The zero-order chi connectivity index (χ0) is 15.1. The molecule has 1 aromatic rings. The molecule has 20 heavy (non-hydrogen) atoms. The van der Waals surface area contributed by atoms with E-state index in [0.717, 1.165) is 0 Å². The van der Waals surface area contributed by atoms with Crippen molar-refractivity contribution in [1.29, 1.82) is 0 Å². The zero-order valence-electron chi connectivity index (χ0n) is 12.8. The largest absolute Gasteiger partial charge is 0.504 e. The van der Waals surface area contributed by atoms with Gasteiger partial charge in [0.25, 0.3) is 5.91 Å². The second-order valence-corrected chi connectivity index (χ2v) is 6.56. The summed E-state index contributed by atoms with van der Waals surface area (Å²) in [7, 11) is 1.46. The van der Waals surface area contributed by atoms with E-state index in [9.17, 15) is 9.90 Å². The standard InChI is InChI=1S/C16H23NO3/c1-15(2)12(16(15,3)4)9-17-14(19)10-7-6-8-11(20-5)13(10)18/h6-8,12,18H,9H2,1-5H3,(H,17,19). The average Bonchev–Trinajstić information content (AvgIpc) is 2.77. The van der Waals surface area contributed by atoms with Crippen molar-refractivity contribution < 1.29 is 14.6 Å². The molecule has 0 aliphatic heterocycles. The second kappa shape index (κ2) is 4.69. The van der Waals surface area contributed by atoms with Gasteiger partial charge in [-0.15, -0.1) is 0 Å². The lowest BCUT2D eigenvalue weighted by atomic mass is 10.0. The number of phenolic OH excluding ortho intramolecular Hbond substituents is 1. The predicted octanol–water partition coefficient (Wildman–Crippen LogP) is 2.81. The molecule has 0 spiro atoms. The van der Waals surface area contributed by atoms with E-state index in [0.29, 0.717) is 18.2 Å². The Morgan fingerprint density at radius 3 is 2.40 bits per heavy atom. The summed E-state index contributed by atoms with van der Waals surface area (Å²) >= 11 is 0. The summed E-state index contributed by atoms with van der Waals surface area (Å²) in [5.41, 5.74) is 0.716. The molecule has 0 unspecified atom stereocenters. The first kappa shape index (κ1) is 14.7. The van der Waals surface area contributed by atoms with Crippen molar-refractivity contribution in [3.63, 3.8) is 0 Å². The van der Waals surface area contributed by atoms with E-state index in [-0.39, 0.29) is 28.1 Å². The number of hydrogen-bond donors (Lipinski definition) is 2. The monoisotopic (exact) mass is 277 g/mol. The maximum Gasteiger partial charge on any atom is 0.255 e. The van der Waals surface area contributed by atoms with Crippen LogP contribution in [0.15, 0.2) is 18.2 Å². The highest BCUT2D eigenvalue weighted by molar-refractivity contribution is 5.97. The summed E-state index contributed by atoms with van der Waals surface area (Å²) in [4.78, 5) is 12.2. The van der Waals surface area contributed by atoms with Gasteiger partial charge in [-0.2, -0.15) is 0 Å². The first-order valence-corrected chi connectivity index (χ1v) is 6.87. The fourth-order valence-electron chi connectivity index (χ4n) is 3.00. The lowest BCUT2D eigenvalue weighted by molar-refractivity contribution is 0.0946. The molecule has 0 aromatic heterocycles. The molecule has 2 N–H and O–H groups in total. The van der Waals surface area contributed by atoms with Gasteiger partial charge in [-0.25, -0.2) is 0 Å². The minimum atomic E-state index is -0.264. The quantitative estimate of drug-likeness (QED) is 0.889. The number of benzene rings is 1. The van der Waals surface area contributed by atoms with Gasteiger partial charge in [0, 0.05) is 6.54 Å². The summed E-state index contributed by atoms with van der Waals surface area (Å²) in [6.45, 7) is 9.48. The third kappa shape index (κ3) is 2.13. The molecule has 1 saturated carbocycles. The summed E-state index contributed by atoms with van der Waals surface area (Å²) in [6.07, 6.45) is 0. The maximum atomic E-state index is 12.2. The summed E-state index contributed by atoms with van der Waals surface area (Å²) in [6, 6.07) is 4.91. The molecule has 0 radical (unpaired) electrons. The highest BCUT2D eigenvalue weighted by Crippen LogP contribution is 2.67. The van der Waals surface area contributed by atoms with Gasteiger partial charge in [0.1, 0.15) is 0 Å². The summed E-state index contributed by atoms with van der Waals surface area (Å²) in [5.74, 6) is 0.387. The number of methoxy groups -OCH3 is 1. The third-order valence-corrected chi connectivity index (χ3v) is 5.25. The number of hydrogen-bond acceptors (Lipinski definition) is 3. The van der Waals surface area contributed by atoms with Crippen molar-refractivity contribution in [3.05, 3.63) is 23.8 Å². The Balaban J connectivity index is 2.04. The van der Waals surface area contributed by atoms with Gasteiger partial charge >= 0.3 is 0 Å². The fourth-order valence-corrected chi connectivity index (χ4v) is 3.00. The van der Waals surface area contributed by atoms with Crippen LogP contribution in [-0.4, -0.2) is 24.7 Å². The van der Waals surface area contributed by atoms with Gasteiger partial charge in [0.15, 0.2) is 11.5 Å². The van der Waals surface area contributed by atoms with Crippen molar-refractivity contribution in [2.24, 2.45) is 16.7 Å². The second-order valence-electron chi connectivity index (χ2n) is 6.56. The highest BCUT2D eigenvalue weighted by Gasteiger charge is 2.64. The number of nitrogens with one attached hydrogen (secondary N) is 1. The number of carbonyl (C=O) groups excluding carboxylic acids is 1. The first-order chi connectivity index (χ1) is 9.23. The minimum Gasteiger partial charge on any atom is -0.504 e.